The fourth-order valence-corrected chi connectivity index (χ4v) is 2.76. The molecule has 0 aliphatic rings. The van der Waals surface area contributed by atoms with Gasteiger partial charge in [-0.2, -0.15) is 0 Å². The number of hydrogen-bond acceptors (Lipinski definition) is 2. The summed E-state index contributed by atoms with van der Waals surface area (Å²) in [5.74, 6) is -0.535. The first kappa shape index (κ1) is 18.7. The molecule has 0 aromatic heterocycles. The highest BCUT2D eigenvalue weighted by Gasteiger charge is 2.16. The molecule has 124 valence electrons. The molecule has 0 fully saturated rings. The first-order valence-electron chi connectivity index (χ1n) is 8.10. The summed E-state index contributed by atoms with van der Waals surface area (Å²) in [7, 11) is 2.00. The van der Waals surface area contributed by atoms with Crippen LogP contribution in [0, 0.1) is 11.8 Å². The molecule has 0 bridgehead atoms. The second-order valence-corrected chi connectivity index (χ2v) is 7.72. The first-order valence-corrected chi connectivity index (χ1v) is 8.10. The van der Waals surface area contributed by atoms with Crippen molar-refractivity contribution in [1.29, 1.82) is 0 Å². The molecule has 2 atom stereocenters. The van der Waals surface area contributed by atoms with Crippen molar-refractivity contribution in [2.45, 2.75) is 46.5 Å². The van der Waals surface area contributed by atoms with Gasteiger partial charge < -0.3 is 10.0 Å². The fourth-order valence-electron chi connectivity index (χ4n) is 2.76. The highest BCUT2D eigenvalue weighted by molar-refractivity contribution is 5.69. The highest BCUT2D eigenvalue weighted by atomic mass is 16.4. The lowest BCUT2D eigenvalue weighted by Gasteiger charge is -2.23. The Morgan fingerprint density at radius 3 is 2.14 bits per heavy atom. The van der Waals surface area contributed by atoms with Crippen LogP contribution in [0.2, 0.25) is 0 Å². The Kier molecular flexibility index (Phi) is 6.61. The van der Waals surface area contributed by atoms with Gasteiger partial charge in [-0.05, 0) is 35.9 Å². The van der Waals surface area contributed by atoms with Crippen LogP contribution in [0.25, 0.3) is 0 Å². The summed E-state index contributed by atoms with van der Waals surface area (Å²) in [6, 6.07) is 8.88. The molecule has 1 N–H and O–H groups in total. The predicted molar refractivity (Wildman–Crippen MR) is 92.3 cm³/mol. The maximum atomic E-state index is 10.9. The minimum atomic E-state index is -0.725. The minimum absolute atomic E-state index is 0.192. The van der Waals surface area contributed by atoms with Gasteiger partial charge in [-0.25, -0.2) is 0 Å². The molecule has 22 heavy (non-hydrogen) atoms. The van der Waals surface area contributed by atoms with Gasteiger partial charge in [0.2, 0.25) is 0 Å². The molecule has 0 amide bonds. The van der Waals surface area contributed by atoms with Crippen molar-refractivity contribution in [3.05, 3.63) is 35.4 Å². The van der Waals surface area contributed by atoms with Crippen molar-refractivity contribution in [3.63, 3.8) is 0 Å². The lowest BCUT2D eigenvalue weighted by Crippen LogP contribution is -2.32. The van der Waals surface area contributed by atoms with Crippen molar-refractivity contribution >= 4 is 5.97 Å². The molecule has 3 nitrogen and oxygen atoms in total. The SMILES string of the molecule is CC(Cc1ccc(C(C)(C)C)cc1)CN(C)CC(C)C(=O)O. The molecule has 1 rings (SSSR count). The van der Waals surface area contributed by atoms with Gasteiger partial charge in [0, 0.05) is 13.1 Å². The quantitative estimate of drug-likeness (QED) is 0.832. The smallest absolute Gasteiger partial charge is 0.307 e. The summed E-state index contributed by atoms with van der Waals surface area (Å²) in [5.41, 5.74) is 2.90. The van der Waals surface area contributed by atoms with Gasteiger partial charge in [0.25, 0.3) is 0 Å². The van der Waals surface area contributed by atoms with Gasteiger partial charge >= 0.3 is 5.97 Å². The van der Waals surface area contributed by atoms with Crippen LogP contribution in [-0.2, 0) is 16.6 Å². The molecule has 0 aliphatic heterocycles. The largest absolute Gasteiger partial charge is 0.481 e. The van der Waals surface area contributed by atoms with Crippen LogP contribution < -0.4 is 0 Å². The number of carboxylic acid groups (broad SMARTS) is 1. The van der Waals surface area contributed by atoms with Crippen LogP contribution in [0.5, 0.6) is 0 Å². The van der Waals surface area contributed by atoms with Crippen LogP contribution in [0.1, 0.15) is 45.7 Å². The first-order chi connectivity index (χ1) is 10.1. The molecule has 0 saturated heterocycles. The normalized spacial score (nSPS) is 14.9. The third-order valence-corrected chi connectivity index (χ3v) is 4.03. The van der Waals surface area contributed by atoms with Gasteiger partial charge in [0.15, 0.2) is 0 Å². The summed E-state index contributed by atoms with van der Waals surface area (Å²) in [6.45, 7) is 12.2. The molecule has 0 radical (unpaired) electrons. The molecule has 0 aliphatic carbocycles. The Balaban J connectivity index is 2.51. The van der Waals surface area contributed by atoms with Gasteiger partial charge in [-0.3, -0.25) is 4.79 Å². The maximum absolute atomic E-state index is 10.9. The van der Waals surface area contributed by atoms with Crippen molar-refractivity contribution < 1.29 is 9.90 Å². The molecule has 0 saturated carbocycles. The lowest BCUT2D eigenvalue weighted by molar-refractivity contribution is -0.141. The van der Waals surface area contributed by atoms with Gasteiger partial charge in [0.1, 0.15) is 0 Å². The average molecular weight is 305 g/mol. The monoisotopic (exact) mass is 305 g/mol. The topological polar surface area (TPSA) is 40.5 Å². The Labute approximate surface area is 135 Å². The van der Waals surface area contributed by atoms with E-state index in [1.165, 1.54) is 11.1 Å². The number of rotatable bonds is 7. The summed E-state index contributed by atoms with van der Waals surface area (Å²) in [6.07, 6.45) is 1.02. The van der Waals surface area contributed by atoms with E-state index in [2.05, 4.69) is 56.9 Å². The predicted octanol–water partition coefficient (Wildman–Crippen LogP) is 3.82. The number of carboxylic acids is 1. The van der Waals surface area contributed by atoms with Crippen LogP contribution in [-0.4, -0.2) is 36.1 Å². The van der Waals surface area contributed by atoms with Gasteiger partial charge in [0.05, 0.1) is 5.92 Å². The van der Waals surface area contributed by atoms with E-state index in [-0.39, 0.29) is 11.3 Å². The molecular formula is C19H31NO2. The second kappa shape index (κ2) is 7.77. The van der Waals surface area contributed by atoms with E-state index >= 15 is 0 Å². The van der Waals surface area contributed by atoms with Crippen LogP contribution in [0.15, 0.2) is 24.3 Å². The molecular weight excluding hydrogens is 274 g/mol. The van der Waals surface area contributed by atoms with E-state index in [1.807, 2.05) is 7.05 Å². The number of aliphatic carboxylic acids is 1. The number of carbonyl (C=O) groups is 1. The minimum Gasteiger partial charge on any atom is -0.481 e. The van der Waals surface area contributed by atoms with Crippen LogP contribution >= 0.6 is 0 Å². The third-order valence-electron chi connectivity index (χ3n) is 4.03. The highest BCUT2D eigenvalue weighted by Crippen LogP contribution is 2.23. The van der Waals surface area contributed by atoms with Crippen LogP contribution in [0.4, 0.5) is 0 Å². The molecule has 0 heterocycles. The number of benzene rings is 1. The Bertz CT molecular complexity index is 473. The Morgan fingerprint density at radius 1 is 1.14 bits per heavy atom. The zero-order chi connectivity index (χ0) is 16.9. The van der Waals surface area contributed by atoms with Crippen molar-refractivity contribution in [3.8, 4) is 0 Å². The van der Waals surface area contributed by atoms with E-state index in [9.17, 15) is 4.79 Å². The molecule has 1 aromatic rings. The average Bonchev–Trinajstić information content (AvgIpc) is 2.37. The van der Waals surface area contributed by atoms with Crippen molar-refractivity contribution in [2.75, 3.05) is 20.1 Å². The summed E-state index contributed by atoms with van der Waals surface area (Å²) in [5, 5.41) is 8.97. The molecule has 2 unspecified atom stereocenters. The molecule has 3 heteroatoms. The lowest BCUT2D eigenvalue weighted by atomic mass is 9.86. The van der Waals surface area contributed by atoms with E-state index in [1.54, 1.807) is 6.92 Å². The number of hydrogen-bond donors (Lipinski definition) is 1. The second-order valence-electron chi connectivity index (χ2n) is 7.72. The summed E-state index contributed by atoms with van der Waals surface area (Å²) >= 11 is 0. The zero-order valence-corrected chi connectivity index (χ0v) is 14.9. The van der Waals surface area contributed by atoms with E-state index in [0.29, 0.717) is 12.5 Å². The van der Waals surface area contributed by atoms with E-state index < -0.39 is 5.97 Å². The van der Waals surface area contributed by atoms with Crippen molar-refractivity contribution in [2.24, 2.45) is 11.8 Å². The Hall–Kier alpha value is -1.35. The third kappa shape index (κ3) is 6.18. The van der Waals surface area contributed by atoms with Crippen LogP contribution in [0.3, 0.4) is 0 Å². The fraction of sp³-hybridized carbons (Fsp3) is 0.632. The van der Waals surface area contributed by atoms with Gasteiger partial charge in [-0.1, -0.05) is 58.9 Å². The van der Waals surface area contributed by atoms with E-state index in [0.717, 1.165) is 13.0 Å². The maximum Gasteiger partial charge on any atom is 0.307 e. The van der Waals surface area contributed by atoms with Gasteiger partial charge in [-0.15, -0.1) is 0 Å². The molecule has 0 spiro atoms. The standard InChI is InChI=1S/C19H31NO2/c1-14(12-20(6)13-15(2)18(21)22)11-16-7-9-17(10-8-16)19(3,4)5/h7-10,14-15H,11-13H2,1-6H3,(H,21,22). The summed E-state index contributed by atoms with van der Waals surface area (Å²) < 4.78 is 0. The van der Waals surface area contributed by atoms with E-state index in [4.69, 9.17) is 5.11 Å². The van der Waals surface area contributed by atoms with Crippen molar-refractivity contribution in [1.82, 2.24) is 4.90 Å². The zero-order valence-electron chi connectivity index (χ0n) is 14.9. The Morgan fingerprint density at radius 2 is 1.68 bits per heavy atom. The number of nitrogens with zero attached hydrogens (tertiary/aromatic N) is 1. The summed E-state index contributed by atoms with van der Waals surface area (Å²) in [4.78, 5) is 13.0. The molecule has 1 aromatic carbocycles.